The van der Waals surface area contributed by atoms with Crippen LogP contribution in [-0.2, 0) is 9.47 Å². The van der Waals surface area contributed by atoms with Gasteiger partial charge in [-0.3, -0.25) is 0 Å². The van der Waals surface area contributed by atoms with Crippen molar-refractivity contribution in [2.24, 2.45) is 0 Å². The molecule has 0 bridgehead atoms. The standard InChI is InChI=1S/C20H26N4O5/c1-20(2,3)29-19(26)24-10-8-23(9-11-24)15-7-6-13(18(25)28-5)17-14(15)12-16(27-4)21-22-17/h6-7,12H,8-11H2,1-5H3. The molecule has 1 fully saturated rings. The average molecular weight is 402 g/mol. The highest BCUT2D eigenvalue weighted by molar-refractivity contribution is 6.06. The van der Waals surface area contributed by atoms with Gasteiger partial charge in [-0.2, -0.15) is 0 Å². The van der Waals surface area contributed by atoms with Crippen LogP contribution in [0.5, 0.6) is 5.88 Å². The number of benzene rings is 1. The minimum absolute atomic E-state index is 0.310. The Morgan fingerprint density at radius 1 is 1.03 bits per heavy atom. The third kappa shape index (κ3) is 4.49. The molecular formula is C20H26N4O5. The van der Waals surface area contributed by atoms with Crippen LogP contribution in [0.25, 0.3) is 10.9 Å². The van der Waals surface area contributed by atoms with Crippen molar-refractivity contribution in [1.82, 2.24) is 15.1 Å². The quantitative estimate of drug-likeness (QED) is 0.723. The van der Waals surface area contributed by atoms with Crippen LogP contribution in [-0.4, -0.2) is 73.2 Å². The van der Waals surface area contributed by atoms with Gasteiger partial charge < -0.3 is 24.0 Å². The zero-order chi connectivity index (χ0) is 21.2. The van der Waals surface area contributed by atoms with Crippen molar-refractivity contribution in [3.05, 3.63) is 23.8 Å². The molecule has 1 aliphatic rings. The minimum Gasteiger partial charge on any atom is -0.480 e. The van der Waals surface area contributed by atoms with Gasteiger partial charge in [0, 0.05) is 43.3 Å². The number of rotatable bonds is 3. The van der Waals surface area contributed by atoms with E-state index in [9.17, 15) is 9.59 Å². The number of hydrogen-bond acceptors (Lipinski definition) is 8. The summed E-state index contributed by atoms with van der Waals surface area (Å²) in [4.78, 5) is 28.3. The second kappa shape index (κ2) is 8.10. The summed E-state index contributed by atoms with van der Waals surface area (Å²) in [6, 6.07) is 5.30. The largest absolute Gasteiger partial charge is 0.480 e. The van der Waals surface area contributed by atoms with Gasteiger partial charge in [-0.1, -0.05) is 0 Å². The highest BCUT2D eigenvalue weighted by atomic mass is 16.6. The van der Waals surface area contributed by atoms with E-state index in [0.717, 1.165) is 11.1 Å². The molecule has 0 saturated carbocycles. The van der Waals surface area contributed by atoms with Crippen molar-refractivity contribution in [3.8, 4) is 5.88 Å². The molecule has 0 spiro atoms. The molecule has 1 aromatic heterocycles. The summed E-state index contributed by atoms with van der Waals surface area (Å²) in [5.41, 5.74) is 1.16. The topological polar surface area (TPSA) is 94.1 Å². The summed E-state index contributed by atoms with van der Waals surface area (Å²) in [6.07, 6.45) is -0.310. The smallest absolute Gasteiger partial charge is 0.410 e. The molecule has 0 radical (unpaired) electrons. The van der Waals surface area contributed by atoms with Crippen LogP contribution in [0.15, 0.2) is 18.2 Å². The van der Waals surface area contributed by atoms with Gasteiger partial charge >= 0.3 is 12.1 Å². The number of hydrogen-bond donors (Lipinski definition) is 0. The molecular weight excluding hydrogens is 376 g/mol. The van der Waals surface area contributed by atoms with E-state index in [4.69, 9.17) is 14.2 Å². The van der Waals surface area contributed by atoms with Crippen LogP contribution >= 0.6 is 0 Å². The number of esters is 1. The fourth-order valence-electron chi connectivity index (χ4n) is 3.21. The lowest BCUT2D eigenvalue weighted by atomic mass is 10.1. The number of fused-ring (bicyclic) bond motifs is 1. The summed E-state index contributed by atoms with van der Waals surface area (Å²) in [7, 11) is 2.84. The van der Waals surface area contributed by atoms with E-state index in [1.807, 2.05) is 26.8 Å². The molecule has 3 rings (SSSR count). The molecule has 1 aromatic carbocycles. The highest BCUT2D eigenvalue weighted by Crippen LogP contribution is 2.31. The second-order valence-electron chi connectivity index (χ2n) is 7.73. The number of anilines is 1. The maximum atomic E-state index is 12.3. The van der Waals surface area contributed by atoms with Crippen LogP contribution in [0.4, 0.5) is 10.5 Å². The first-order valence-electron chi connectivity index (χ1n) is 9.39. The Morgan fingerprint density at radius 2 is 1.72 bits per heavy atom. The van der Waals surface area contributed by atoms with E-state index < -0.39 is 11.6 Å². The molecule has 156 valence electrons. The number of aromatic nitrogens is 2. The number of carbonyl (C=O) groups excluding carboxylic acids is 2. The lowest BCUT2D eigenvalue weighted by Crippen LogP contribution is -2.50. The normalized spacial score (nSPS) is 14.7. The Hall–Kier alpha value is -3.10. The second-order valence-corrected chi connectivity index (χ2v) is 7.73. The summed E-state index contributed by atoms with van der Waals surface area (Å²) in [6.45, 7) is 7.86. The van der Waals surface area contributed by atoms with Crippen molar-refractivity contribution in [2.75, 3.05) is 45.3 Å². The van der Waals surface area contributed by atoms with E-state index in [0.29, 0.717) is 43.1 Å². The number of amides is 1. The van der Waals surface area contributed by atoms with Crippen LogP contribution in [0.1, 0.15) is 31.1 Å². The van der Waals surface area contributed by atoms with Crippen molar-refractivity contribution in [1.29, 1.82) is 0 Å². The van der Waals surface area contributed by atoms with Gasteiger partial charge in [0.25, 0.3) is 0 Å². The molecule has 0 unspecified atom stereocenters. The molecule has 1 amide bonds. The predicted octanol–water partition coefficient (Wildman–Crippen LogP) is 2.48. The molecule has 1 saturated heterocycles. The molecule has 29 heavy (non-hydrogen) atoms. The molecule has 0 atom stereocenters. The van der Waals surface area contributed by atoms with Gasteiger partial charge in [0.1, 0.15) is 11.1 Å². The number of carbonyl (C=O) groups is 2. The van der Waals surface area contributed by atoms with Crippen LogP contribution < -0.4 is 9.64 Å². The van der Waals surface area contributed by atoms with Crippen molar-refractivity contribution in [2.45, 2.75) is 26.4 Å². The number of nitrogens with zero attached hydrogens (tertiary/aromatic N) is 4. The Morgan fingerprint density at radius 3 is 2.31 bits per heavy atom. The molecule has 9 nitrogen and oxygen atoms in total. The molecule has 0 N–H and O–H groups in total. The maximum absolute atomic E-state index is 12.3. The Kier molecular flexibility index (Phi) is 5.76. The summed E-state index contributed by atoms with van der Waals surface area (Å²) < 4.78 is 15.5. The zero-order valence-electron chi connectivity index (χ0n) is 17.4. The van der Waals surface area contributed by atoms with E-state index in [1.54, 1.807) is 17.0 Å². The highest BCUT2D eigenvalue weighted by Gasteiger charge is 2.27. The first-order chi connectivity index (χ1) is 13.7. The van der Waals surface area contributed by atoms with Crippen molar-refractivity contribution in [3.63, 3.8) is 0 Å². The third-order valence-electron chi connectivity index (χ3n) is 4.60. The number of ether oxygens (including phenoxy) is 3. The first kappa shape index (κ1) is 20.6. The predicted molar refractivity (Wildman–Crippen MR) is 107 cm³/mol. The maximum Gasteiger partial charge on any atom is 0.410 e. The Bertz CT molecular complexity index is 917. The van der Waals surface area contributed by atoms with Gasteiger partial charge in [-0.15, -0.1) is 10.2 Å². The van der Waals surface area contributed by atoms with Gasteiger partial charge in [0.05, 0.1) is 19.8 Å². The summed E-state index contributed by atoms with van der Waals surface area (Å²) >= 11 is 0. The minimum atomic E-state index is -0.524. The molecule has 2 aromatic rings. The molecule has 1 aliphatic heterocycles. The molecule has 0 aliphatic carbocycles. The van der Waals surface area contributed by atoms with Crippen LogP contribution in [0.2, 0.25) is 0 Å². The molecule has 2 heterocycles. The number of methoxy groups -OCH3 is 2. The van der Waals surface area contributed by atoms with Crippen molar-refractivity contribution >= 4 is 28.7 Å². The Labute approximate surface area is 169 Å². The van der Waals surface area contributed by atoms with Crippen molar-refractivity contribution < 1.29 is 23.8 Å². The molecule has 9 heteroatoms. The van der Waals surface area contributed by atoms with E-state index in [1.165, 1.54) is 14.2 Å². The summed E-state index contributed by atoms with van der Waals surface area (Å²) in [5, 5.41) is 8.90. The average Bonchev–Trinajstić information content (AvgIpc) is 2.70. The Balaban J connectivity index is 1.87. The van der Waals surface area contributed by atoms with E-state index in [2.05, 4.69) is 15.1 Å². The van der Waals surface area contributed by atoms with Gasteiger partial charge in [-0.05, 0) is 32.9 Å². The lowest BCUT2D eigenvalue weighted by molar-refractivity contribution is 0.0240. The SMILES string of the molecule is COC(=O)c1ccc(N2CCN(C(=O)OC(C)(C)C)CC2)c2cc(OC)nnc12. The van der Waals surface area contributed by atoms with E-state index >= 15 is 0 Å². The first-order valence-corrected chi connectivity index (χ1v) is 9.39. The van der Waals surface area contributed by atoms with E-state index in [-0.39, 0.29) is 6.09 Å². The third-order valence-corrected chi connectivity index (χ3v) is 4.60. The zero-order valence-corrected chi connectivity index (χ0v) is 17.4. The number of piperazine rings is 1. The fraction of sp³-hybridized carbons (Fsp3) is 0.500. The fourth-order valence-corrected chi connectivity index (χ4v) is 3.21. The van der Waals surface area contributed by atoms with Gasteiger partial charge in [-0.25, -0.2) is 9.59 Å². The summed E-state index contributed by atoms with van der Waals surface area (Å²) in [5.74, 6) is -0.121. The lowest BCUT2D eigenvalue weighted by Gasteiger charge is -2.37. The van der Waals surface area contributed by atoms with Crippen LogP contribution in [0.3, 0.4) is 0 Å². The van der Waals surface area contributed by atoms with Gasteiger partial charge in [0.2, 0.25) is 5.88 Å². The van der Waals surface area contributed by atoms with Crippen LogP contribution in [0, 0.1) is 0 Å². The monoisotopic (exact) mass is 402 g/mol. The van der Waals surface area contributed by atoms with Gasteiger partial charge in [0.15, 0.2) is 0 Å².